The van der Waals surface area contributed by atoms with Gasteiger partial charge in [-0.15, -0.1) is 0 Å². The van der Waals surface area contributed by atoms with Gasteiger partial charge in [-0.25, -0.2) is 0 Å². The first-order valence-corrected chi connectivity index (χ1v) is 6.49. The fourth-order valence-corrected chi connectivity index (χ4v) is 3.50. The van der Waals surface area contributed by atoms with E-state index in [1.165, 1.54) is 4.68 Å². The molecule has 1 fully saturated rings. The van der Waals surface area contributed by atoms with Crippen LogP contribution in [0.4, 0.5) is 8.78 Å². The van der Waals surface area contributed by atoms with Crippen molar-refractivity contribution < 1.29 is 8.78 Å². The second-order valence-corrected chi connectivity index (χ2v) is 6.73. The van der Waals surface area contributed by atoms with Crippen LogP contribution in [0.2, 0.25) is 0 Å². The third kappa shape index (κ3) is 1.18. The molecule has 0 saturated heterocycles. The summed E-state index contributed by atoms with van der Waals surface area (Å²) in [5.41, 5.74) is 0.601. The first-order chi connectivity index (χ1) is 7.24. The normalized spacial score (nSPS) is 30.1. The molecule has 88 valence electrons. The molecule has 0 N–H and O–H groups in total. The second-order valence-electron chi connectivity index (χ2n) is 5.71. The van der Waals surface area contributed by atoms with Crippen molar-refractivity contribution in [3.05, 3.63) is 15.0 Å². The summed E-state index contributed by atoms with van der Waals surface area (Å²) in [6, 6.07) is 0. The Morgan fingerprint density at radius 2 is 2.06 bits per heavy atom. The smallest absolute Gasteiger partial charge is 0.257 e. The van der Waals surface area contributed by atoms with Gasteiger partial charge in [-0.2, -0.15) is 13.9 Å². The third-order valence-electron chi connectivity index (χ3n) is 3.46. The van der Waals surface area contributed by atoms with E-state index in [9.17, 15) is 8.78 Å². The lowest BCUT2D eigenvalue weighted by molar-refractivity contribution is -0.0342. The number of nitrogens with zero attached hydrogens (tertiary/aromatic N) is 2. The summed E-state index contributed by atoms with van der Waals surface area (Å²) < 4.78 is 30.5. The van der Waals surface area contributed by atoms with Crippen LogP contribution in [0.25, 0.3) is 0 Å². The van der Waals surface area contributed by atoms with E-state index in [1.807, 2.05) is 20.8 Å². The van der Waals surface area contributed by atoms with E-state index in [2.05, 4.69) is 27.7 Å². The van der Waals surface area contributed by atoms with Gasteiger partial charge in [-0.3, -0.25) is 4.68 Å². The zero-order valence-electron chi connectivity index (χ0n) is 9.39. The quantitative estimate of drug-likeness (QED) is 0.663. The van der Waals surface area contributed by atoms with Crippen LogP contribution >= 0.6 is 22.6 Å². The van der Waals surface area contributed by atoms with Gasteiger partial charge >= 0.3 is 0 Å². The summed E-state index contributed by atoms with van der Waals surface area (Å²) in [5, 5.41) is 4.30. The summed E-state index contributed by atoms with van der Waals surface area (Å²) in [7, 11) is 0. The van der Waals surface area contributed by atoms with E-state index in [-0.39, 0.29) is 17.2 Å². The Kier molecular flexibility index (Phi) is 1.90. The highest BCUT2D eigenvalue weighted by molar-refractivity contribution is 14.1. The molecule has 5 heteroatoms. The maximum atomic E-state index is 14.1. The van der Waals surface area contributed by atoms with Crippen LogP contribution in [-0.4, -0.2) is 9.78 Å². The minimum Gasteiger partial charge on any atom is -0.257 e. The molecule has 0 bridgehead atoms. The lowest BCUT2D eigenvalue weighted by atomic mass is 10.1. The Bertz CT molecular complexity index is 473. The Hall–Kier alpha value is -0.200. The fraction of sp³-hybridized carbons (Fsp3) is 0.727. The topological polar surface area (TPSA) is 17.8 Å². The minimum atomic E-state index is -2.68. The van der Waals surface area contributed by atoms with E-state index in [4.69, 9.17) is 0 Å². The van der Waals surface area contributed by atoms with Crippen LogP contribution < -0.4 is 0 Å². The van der Waals surface area contributed by atoms with E-state index >= 15 is 0 Å². The summed E-state index contributed by atoms with van der Waals surface area (Å²) >= 11 is 2.08. The Labute approximate surface area is 107 Å². The van der Waals surface area contributed by atoms with Crippen molar-refractivity contribution in [3.63, 3.8) is 0 Å². The average molecular weight is 338 g/mol. The summed E-state index contributed by atoms with van der Waals surface area (Å²) in [6.45, 7) is 5.74. The van der Waals surface area contributed by atoms with Crippen LogP contribution in [-0.2, 0) is 11.5 Å². The summed E-state index contributed by atoms with van der Waals surface area (Å²) in [5.74, 6) is -3.07. The Morgan fingerprint density at radius 3 is 2.62 bits per heavy atom. The molecule has 0 aromatic carbocycles. The van der Waals surface area contributed by atoms with Gasteiger partial charge in [0.2, 0.25) is 0 Å². The van der Waals surface area contributed by atoms with Gasteiger partial charge in [0.25, 0.3) is 5.92 Å². The zero-order valence-corrected chi connectivity index (χ0v) is 11.5. The number of alkyl halides is 2. The number of hydrogen-bond donors (Lipinski definition) is 0. The predicted molar refractivity (Wildman–Crippen MR) is 64.7 cm³/mol. The van der Waals surface area contributed by atoms with E-state index in [0.29, 0.717) is 6.42 Å². The van der Waals surface area contributed by atoms with Gasteiger partial charge in [0.05, 0.1) is 5.54 Å². The molecular formula is C11H13F2IN2. The average Bonchev–Trinajstić information content (AvgIpc) is 2.76. The molecule has 1 heterocycles. The molecule has 2 nitrogen and oxygen atoms in total. The molecule has 2 unspecified atom stereocenters. The van der Waals surface area contributed by atoms with Gasteiger partial charge in [0.15, 0.2) is 0 Å². The molecule has 0 aliphatic heterocycles. The number of aromatic nitrogens is 2. The third-order valence-corrected chi connectivity index (χ3v) is 4.25. The lowest BCUT2D eigenvalue weighted by Crippen LogP contribution is -2.30. The number of rotatable bonds is 0. The maximum Gasteiger partial charge on any atom is 0.293 e. The standard InChI is InChI=1S/C11H13F2IN2/c1-10(2,3)16-8-7(9(14)15-16)5-4-6(5)11(8,12)13/h5-6H,4H2,1-3H3. The first kappa shape index (κ1) is 10.9. The SMILES string of the molecule is CC(C)(C)n1nc(I)c2c1C(F)(F)C1CC21. The highest BCUT2D eigenvalue weighted by Gasteiger charge is 2.67. The van der Waals surface area contributed by atoms with Gasteiger partial charge in [0.1, 0.15) is 9.39 Å². The molecule has 2 aliphatic carbocycles. The minimum absolute atomic E-state index is 0.0630. The molecule has 2 aliphatic rings. The van der Waals surface area contributed by atoms with Crippen LogP contribution in [0.1, 0.15) is 44.4 Å². The predicted octanol–water partition coefficient (Wildman–Crippen LogP) is 3.45. The molecule has 1 aromatic heterocycles. The summed E-state index contributed by atoms with van der Waals surface area (Å²) in [4.78, 5) is 0. The maximum absolute atomic E-state index is 14.1. The van der Waals surface area contributed by atoms with Crippen molar-refractivity contribution in [3.8, 4) is 0 Å². The molecule has 16 heavy (non-hydrogen) atoms. The molecule has 1 aromatic rings. The van der Waals surface area contributed by atoms with Crippen LogP contribution in [0.15, 0.2) is 0 Å². The Morgan fingerprint density at radius 1 is 1.44 bits per heavy atom. The molecule has 2 atom stereocenters. The van der Waals surface area contributed by atoms with Crippen molar-refractivity contribution in [2.75, 3.05) is 0 Å². The largest absolute Gasteiger partial charge is 0.293 e. The van der Waals surface area contributed by atoms with Crippen molar-refractivity contribution in [1.29, 1.82) is 0 Å². The van der Waals surface area contributed by atoms with Crippen molar-refractivity contribution in [1.82, 2.24) is 9.78 Å². The summed E-state index contributed by atoms with van der Waals surface area (Å²) in [6.07, 6.45) is 0.631. The molecule has 3 rings (SSSR count). The zero-order chi connectivity index (χ0) is 11.9. The van der Waals surface area contributed by atoms with Crippen LogP contribution in [0.5, 0.6) is 0 Å². The lowest BCUT2D eigenvalue weighted by Gasteiger charge is -2.25. The van der Waals surface area contributed by atoms with Crippen LogP contribution in [0.3, 0.4) is 0 Å². The highest BCUT2D eigenvalue weighted by atomic mass is 127. The van der Waals surface area contributed by atoms with Gasteiger partial charge in [-0.1, -0.05) is 0 Å². The molecule has 0 radical (unpaired) electrons. The number of fused-ring (bicyclic) bond motifs is 3. The van der Waals surface area contributed by atoms with E-state index in [1.54, 1.807) is 0 Å². The first-order valence-electron chi connectivity index (χ1n) is 5.41. The van der Waals surface area contributed by atoms with Gasteiger partial charge < -0.3 is 0 Å². The van der Waals surface area contributed by atoms with E-state index in [0.717, 1.165) is 9.26 Å². The van der Waals surface area contributed by atoms with Crippen molar-refractivity contribution >= 4 is 22.6 Å². The second kappa shape index (κ2) is 2.79. The Balaban J connectivity index is 2.26. The van der Waals surface area contributed by atoms with E-state index < -0.39 is 11.8 Å². The number of hydrogen-bond acceptors (Lipinski definition) is 1. The van der Waals surface area contributed by atoms with Crippen LogP contribution in [0, 0.1) is 9.62 Å². The molecule has 0 spiro atoms. The number of halogens is 3. The van der Waals surface area contributed by atoms with Gasteiger partial charge in [-0.05, 0) is 55.7 Å². The fourth-order valence-electron chi connectivity index (χ4n) is 2.63. The molecule has 0 amide bonds. The highest BCUT2D eigenvalue weighted by Crippen LogP contribution is 2.67. The molecule has 1 saturated carbocycles. The molecular weight excluding hydrogens is 325 g/mol. The van der Waals surface area contributed by atoms with Crippen molar-refractivity contribution in [2.24, 2.45) is 5.92 Å². The monoisotopic (exact) mass is 338 g/mol. The van der Waals surface area contributed by atoms with Crippen molar-refractivity contribution in [2.45, 2.75) is 44.6 Å². The van der Waals surface area contributed by atoms with Gasteiger partial charge in [0, 0.05) is 11.5 Å².